The fourth-order valence-electron chi connectivity index (χ4n) is 3.48. The van der Waals surface area contributed by atoms with Crippen LogP contribution < -0.4 is 10.6 Å². The summed E-state index contributed by atoms with van der Waals surface area (Å²) in [7, 11) is 3.26. The third kappa shape index (κ3) is 7.08. The lowest BCUT2D eigenvalue weighted by Crippen LogP contribution is -2.47. The van der Waals surface area contributed by atoms with E-state index in [-0.39, 0.29) is 0 Å². The van der Waals surface area contributed by atoms with Gasteiger partial charge in [0.2, 0.25) is 0 Å². The van der Waals surface area contributed by atoms with Crippen molar-refractivity contribution >= 4 is 16.8 Å². The Morgan fingerprint density at radius 1 is 1.31 bits per heavy atom. The second-order valence-corrected chi connectivity index (χ2v) is 9.03. The number of likely N-dealkylation sites (N-methyl/N-ethyl adjacent to an activating group) is 1. The summed E-state index contributed by atoms with van der Waals surface area (Å²) in [5.41, 5.74) is 1.33. The van der Waals surface area contributed by atoms with E-state index < -0.39 is 10.8 Å². The molecule has 0 radical (unpaired) electrons. The summed E-state index contributed by atoms with van der Waals surface area (Å²) >= 11 is 0. The SMILES string of the molecule is CCS(=O)C1CCCC(NC(=NC)NCCN(C)Cc2ccccc2)C1. The van der Waals surface area contributed by atoms with Gasteiger partial charge in [-0.2, -0.15) is 0 Å². The summed E-state index contributed by atoms with van der Waals surface area (Å²) in [5.74, 6) is 1.61. The quantitative estimate of drug-likeness (QED) is 0.539. The molecule has 1 aliphatic rings. The summed E-state index contributed by atoms with van der Waals surface area (Å²) in [6.45, 7) is 4.75. The first-order valence-electron chi connectivity index (χ1n) is 9.69. The van der Waals surface area contributed by atoms with E-state index in [1.165, 1.54) is 5.56 Å². The van der Waals surface area contributed by atoms with E-state index in [1.54, 1.807) is 0 Å². The van der Waals surface area contributed by atoms with Gasteiger partial charge in [-0.1, -0.05) is 43.7 Å². The highest BCUT2D eigenvalue weighted by molar-refractivity contribution is 7.85. The number of guanidine groups is 1. The van der Waals surface area contributed by atoms with Crippen LogP contribution in [0.25, 0.3) is 0 Å². The predicted molar refractivity (Wildman–Crippen MR) is 112 cm³/mol. The van der Waals surface area contributed by atoms with Crippen molar-refractivity contribution in [3.63, 3.8) is 0 Å². The van der Waals surface area contributed by atoms with Gasteiger partial charge in [0.15, 0.2) is 5.96 Å². The molecular weight excluding hydrogens is 344 g/mol. The Morgan fingerprint density at radius 3 is 2.77 bits per heavy atom. The Bertz CT molecular complexity index is 578. The Balaban J connectivity index is 1.71. The van der Waals surface area contributed by atoms with Crippen molar-refractivity contribution in [2.45, 2.75) is 50.4 Å². The van der Waals surface area contributed by atoms with Gasteiger partial charge in [-0.3, -0.25) is 9.20 Å². The highest BCUT2D eigenvalue weighted by Gasteiger charge is 2.25. The molecule has 3 atom stereocenters. The van der Waals surface area contributed by atoms with Crippen LogP contribution in [0.2, 0.25) is 0 Å². The van der Waals surface area contributed by atoms with E-state index >= 15 is 0 Å². The molecule has 5 nitrogen and oxygen atoms in total. The Hall–Kier alpha value is -1.40. The third-order valence-corrected chi connectivity index (χ3v) is 6.67. The number of benzene rings is 1. The molecule has 1 aromatic carbocycles. The zero-order valence-electron chi connectivity index (χ0n) is 16.4. The molecule has 0 heterocycles. The number of hydrogen-bond donors (Lipinski definition) is 2. The van der Waals surface area contributed by atoms with Crippen molar-refractivity contribution in [1.29, 1.82) is 0 Å². The van der Waals surface area contributed by atoms with Crippen molar-refractivity contribution in [3.05, 3.63) is 35.9 Å². The molecule has 2 rings (SSSR count). The maximum absolute atomic E-state index is 12.1. The molecule has 1 aromatic rings. The van der Waals surface area contributed by atoms with E-state index in [2.05, 4.69) is 51.8 Å². The van der Waals surface area contributed by atoms with Crippen LogP contribution >= 0.6 is 0 Å². The zero-order valence-corrected chi connectivity index (χ0v) is 17.2. The van der Waals surface area contributed by atoms with E-state index in [1.807, 2.05) is 20.0 Å². The lowest BCUT2D eigenvalue weighted by Gasteiger charge is -2.30. The van der Waals surface area contributed by atoms with Crippen molar-refractivity contribution in [2.75, 3.05) is 32.9 Å². The molecule has 0 bridgehead atoms. The number of nitrogens with zero attached hydrogens (tertiary/aromatic N) is 2. The topological polar surface area (TPSA) is 56.7 Å². The van der Waals surface area contributed by atoms with E-state index in [0.29, 0.717) is 11.3 Å². The van der Waals surface area contributed by atoms with Crippen molar-refractivity contribution in [1.82, 2.24) is 15.5 Å². The number of rotatable bonds is 8. The van der Waals surface area contributed by atoms with Crippen LogP contribution in [0.3, 0.4) is 0 Å². The molecule has 0 aromatic heterocycles. The van der Waals surface area contributed by atoms with Crippen molar-refractivity contribution in [3.8, 4) is 0 Å². The minimum atomic E-state index is -0.689. The van der Waals surface area contributed by atoms with Crippen LogP contribution in [0.4, 0.5) is 0 Å². The predicted octanol–water partition coefficient (Wildman–Crippen LogP) is 2.36. The molecule has 1 aliphatic carbocycles. The molecule has 0 amide bonds. The molecule has 26 heavy (non-hydrogen) atoms. The number of hydrogen-bond acceptors (Lipinski definition) is 3. The Morgan fingerprint density at radius 2 is 2.08 bits per heavy atom. The van der Waals surface area contributed by atoms with Gasteiger partial charge in [0.05, 0.1) is 0 Å². The summed E-state index contributed by atoms with van der Waals surface area (Å²) in [5, 5.41) is 7.27. The molecule has 0 aliphatic heterocycles. The van der Waals surface area contributed by atoms with Gasteiger partial charge in [-0.05, 0) is 31.9 Å². The monoisotopic (exact) mass is 378 g/mol. The molecule has 0 saturated heterocycles. The Kier molecular flexibility index (Phi) is 9.12. The first kappa shape index (κ1) is 20.9. The maximum Gasteiger partial charge on any atom is 0.191 e. The largest absolute Gasteiger partial charge is 0.355 e. The summed E-state index contributed by atoms with van der Waals surface area (Å²) in [6, 6.07) is 10.9. The molecular formula is C20H34N4OS. The average molecular weight is 379 g/mol. The van der Waals surface area contributed by atoms with Gasteiger partial charge in [0.1, 0.15) is 0 Å². The second-order valence-electron chi connectivity index (χ2n) is 7.02. The first-order valence-corrected chi connectivity index (χ1v) is 11.1. The average Bonchev–Trinajstić information content (AvgIpc) is 2.67. The minimum absolute atomic E-state index is 0.335. The maximum atomic E-state index is 12.1. The molecule has 1 saturated carbocycles. The smallest absolute Gasteiger partial charge is 0.191 e. The lowest BCUT2D eigenvalue weighted by molar-refractivity contribution is 0.330. The van der Waals surface area contributed by atoms with Gasteiger partial charge in [0, 0.05) is 54.5 Å². The van der Waals surface area contributed by atoms with Gasteiger partial charge >= 0.3 is 0 Å². The van der Waals surface area contributed by atoms with Gasteiger partial charge in [-0.15, -0.1) is 0 Å². The van der Waals surface area contributed by atoms with E-state index in [0.717, 1.165) is 57.0 Å². The van der Waals surface area contributed by atoms with Crippen LogP contribution in [0.5, 0.6) is 0 Å². The van der Waals surface area contributed by atoms with Crippen LogP contribution in [0.1, 0.15) is 38.2 Å². The van der Waals surface area contributed by atoms with Gasteiger partial charge in [0.25, 0.3) is 0 Å². The molecule has 146 valence electrons. The minimum Gasteiger partial charge on any atom is -0.355 e. The molecule has 3 unspecified atom stereocenters. The molecule has 6 heteroatoms. The standard InChI is InChI=1S/C20H34N4OS/c1-4-26(25)19-12-8-11-18(15-19)23-20(21-2)22-13-14-24(3)16-17-9-6-5-7-10-17/h5-7,9-10,18-19H,4,8,11-16H2,1-3H3,(H2,21,22,23). The Labute approximate surface area is 161 Å². The van der Waals surface area contributed by atoms with Crippen LogP contribution in [0.15, 0.2) is 35.3 Å². The molecule has 0 spiro atoms. The fourth-order valence-corrected chi connectivity index (χ4v) is 4.83. The summed E-state index contributed by atoms with van der Waals surface area (Å²) in [4.78, 5) is 6.66. The summed E-state index contributed by atoms with van der Waals surface area (Å²) < 4.78 is 12.1. The lowest BCUT2D eigenvalue weighted by atomic mass is 9.95. The van der Waals surface area contributed by atoms with E-state index in [9.17, 15) is 4.21 Å². The van der Waals surface area contributed by atoms with Gasteiger partial charge in [-0.25, -0.2) is 0 Å². The number of aliphatic imine (C=N–C) groups is 1. The van der Waals surface area contributed by atoms with Crippen molar-refractivity contribution in [2.24, 2.45) is 4.99 Å². The molecule has 2 N–H and O–H groups in total. The summed E-state index contributed by atoms with van der Waals surface area (Å²) in [6.07, 6.45) is 4.35. The van der Waals surface area contributed by atoms with Gasteiger partial charge < -0.3 is 15.5 Å². The van der Waals surface area contributed by atoms with Crippen molar-refractivity contribution < 1.29 is 4.21 Å². The first-order chi connectivity index (χ1) is 12.6. The third-order valence-electron chi connectivity index (χ3n) is 4.93. The molecule has 1 fully saturated rings. The number of nitrogens with one attached hydrogen (secondary N) is 2. The fraction of sp³-hybridized carbons (Fsp3) is 0.650. The highest BCUT2D eigenvalue weighted by Crippen LogP contribution is 2.22. The zero-order chi connectivity index (χ0) is 18.8. The highest BCUT2D eigenvalue weighted by atomic mass is 32.2. The van der Waals surface area contributed by atoms with Crippen LogP contribution in [-0.2, 0) is 17.3 Å². The second kappa shape index (κ2) is 11.3. The normalized spacial score (nSPS) is 22.2. The van der Waals surface area contributed by atoms with Crippen LogP contribution in [0, 0.1) is 0 Å². The van der Waals surface area contributed by atoms with E-state index in [4.69, 9.17) is 0 Å². The van der Waals surface area contributed by atoms with Crippen LogP contribution in [-0.4, -0.2) is 59.3 Å².